The number of rotatable bonds is 1. The third-order valence-corrected chi connectivity index (χ3v) is 3.89. The van der Waals surface area contributed by atoms with Crippen LogP contribution in [0.5, 0.6) is 0 Å². The second-order valence-corrected chi connectivity index (χ2v) is 5.48. The Balaban J connectivity index is 2.14. The molecule has 1 amide bonds. The molecule has 0 saturated carbocycles. The third-order valence-electron chi connectivity index (χ3n) is 3.28. The summed E-state index contributed by atoms with van der Waals surface area (Å²) in [4.78, 5) is 14.0. The van der Waals surface area contributed by atoms with Crippen LogP contribution in [0.25, 0.3) is 0 Å². The lowest BCUT2D eigenvalue weighted by atomic mass is 9.97. The summed E-state index contributed by atoms with van der Waals surface area (Å²) >= 11 is 3.07. The first-order valence-corrected chi connectivity index (χ1v) is 6.77. The van der Waals surface area contributed by atoms with E-state index >= 15 is 0 Å². The molecular weight excluding hydrogens is 315 g/mol. The number of carbonyl (C=O) groups is 1. The van der Waals surface area contributed by atoms with Crippen molar-refractivity contribution in [2.45, 2.75) is 13.3 Å². The molecule has 19 heavy (non-hydrogen) atoms. The Labute approximate surface area is 119 Å². The molecule has 1 aliphatic rings. The van der Waals surface area contributed by atoms with Crippen LogP contribution in [-0.4, -0.2) is 34.8 Å². The van der Waals surface area contributed by atoms with Crippen molar-refractivity contribution in [2.75, 3.05) is 13.1 Å². The maximum atomic E-state index is 13.1. The number of hydrogen-bond donors (Lipinski definition) is 1. The molecule has 0 radical (unpaired) electrons. The minimum atomic E-state index is -0.390. The van der Waals surface area contributed by atoms with Crippen molar-refractivity contribution in [1.82, 2.24) is 4.90 Å². The van der Waals surface area contributed by atoms with E-state index in [2.05, 4.69) is 21.1 Å². The number of benzene rings is 1. The predicted octanol–water partition coefficient (Wildman–Crippen LogP) is 2.90. The molecule has 102 valence electrons. The summed E-state index contributed by atoms with van der Waals surface area (Å²) in [5, 5.41) is 12.0. The van der Waals surface area contributed by atoms with Crippen LogP contribution >= 0.6 is 15.9 Å². The Kier molecular flexibility index (Phi) is 4.19. The van der Waals surface area contributed by atoms with E-state index in [1.54, 1.807) is 4.90 Å². The molecule has 1 saturated heterocycles. The number of oxime groups is 1. The zero-order valence-corrected chi connectivity index (χ0v) is 12.0. The van der Waals surface area contributed by atoms with Gasteiger partial charge in [-0.15, -0.1) is 0 Å². The highest BCUT2D eigenvalue weighted by atomic mass is 79.9. The van der Waals surface area contributed by atoms with Crippen LogP contribution in [0.1, 0.15) is 23.7 Å². The van der Waals surface area contributed by atoms with Gasteiger partial charge in [0.15, 0.2) is 0 Å². The Morgan fingerprint density at radius 3 is 2.89 bits per heavy atom. The van der Waals surface area contributed by atoms with E-state index in [0.29, 0.717) is 30.8 Å². The zero-order chi connectivity index (χ0) is 14.0. The number of halogens is 2. The lowest BCUT2D eigenvalue weighted by Gasteiger charge is -2.31. The van der Waals surface area contributed by atoms with Gasteiger partial charge in [-0.3, -0.25) is 4.79 Å². The smallest absolute Gasteiger partial charge is 0.253 e. The molecule has 6 heteroatoms. The van der Waals surface area contributed by atoms with Crippen molar-refractivity contribution in [2.24, 2.45) is 11.1 Å². The molecule has 1 aliphatic heterocycles. The molecule has 1 unspecified atom stereocenters. The fraction of sp³-hybridized carbons (Fsp3) is 0.385. The van der Waals surface area contributed by atoms with Gasteiger partial charge >= 0.3 is 0 Å². The SMILES string of the molecule is CC1CN(C(=O)c2ccc(F)c(Br)c2)CC/C1=N\O. The largest absolute Gasteiger partial charge is 0.411 e. The Morgan fingerprint density at radius 1 is 1.58 bits per heavy atom. The summed E-state index contributed by atoms with van der Waals surface area (Å²) < 4.78 is 13.4. The second-order valence-electron chi connectivity index (χ2n) is 4.62. The van der Waals surface area contributed by atoms with Gasteiger partial charge in [-0.05, 0) is 34.1 Å². The van der Waals surface area contributed by atoms with Crippen LogP contribution in [0.15, 0.2) is 27.8 Å². The molecule has 1 N–H and O–H groups in total. The molecule has 2 rings (SSSR count). The van der Waals surface area contributed by atoms with Gasteiger partial charge in [0.1, 0.15) is 5.82 Å². The Bertz CT molecular complexity index is 533. The first-order chi connectivity index (χ1) is 9.02. The van der Waals surface area contributed by atoms with Crippen LogP contribution in [-0.2, 0) is 0 Å². The third kappa shape index (κ3) is 2.94. The Morgan fingerprint density at radius 2 is 2.32 bits per heavy atom. The summed E-state index contributed by atoms with van der Waals surface area (Å²) in [5.74, 6) is -0.491. The van der Waals surface area contributed by atoms with Gasteiger partial charge in [0.25, 0.3) is 5.91 Å². The average molecular weight is 329 g/mol. The molecule has 0 bridgehead atoms. The van der Waals surface area contributed by atoms with Crippen molar-refractivity contribution >= 4 is 27.5 Å². The van der Waals surface area contributed by atoms with Crippen LogP contribution in [0.4, 0.5) is 4.39 Å². The number of amides is 1. The normalized spacial score (nSPS) is 21.7. The monoisotopic (exact) mass is 328 g/mol. The van der Waals surface area contributed by atoms with Crippen molar-refractivity contribution < 1.29 is 14.4 Å². The molecular formula is C13H14BrFN2O2. The van der Waals surface area contributed by atoms with Crippen LogP contribution in [0.3, 0.4) is 0 Å². The number of likely N-dealkylation sites (tertiary alicyclic amines) is 1. The van der Waals surface area contributed by atoms with Gasteiger partial charge in [-0.1, -0.05) is 12.1 Å². The molecule has 0 spiro atoms. The fourth-order valence-corrected chi connectivity index (χ4v) is 2.55. The van der Waals surface area contributed by atoms with E-state index in [9.17, 15) is 9.18 Å². The highest BCUT2D eigenvalue weighted by Crippen LogP contribution is 2.20. The quantitative estimate of drug-likeness (QED) is 0.636. The molecule has 0 aliphatic carbocycles. The van der Waals surface area contributed by atoms with Crippen molar-refractivity contribution in [3.05, 3.63) is 34.1 Å². The van der Waals surface area contributed by atoms with E-state index in [0.717, 1.165) is 0 Å². The minimum absolute atomic E-state index is 0.0339. The second kappa shape index (κ2) is 5.69. The first kappa shape index (κ1) is 14.0. The lowest BCUT2D eigenvalue weighted by molar-refractivity contribution is 0.0734. The topological polar surface area (TPSA) is 52.9 Å². The predicted molar refractivity (Wildman–Crippen MR) is 73.0 cm³/mol. The minimum Gasteiger partial charge on any atom is -0.411 e. The van der Waals surface area contributed by atoms with Crippen LogP contribution in [0, 0.1) is 11.7 Å². The van der Waals surface area contributed by atoms with E-state index in [1.165, 1.54) is 18.2 Å². The maximum absolute atomic E-state index is 13.1. The highest BCUT2D eigenvalue weighted by Gasteiger charge is 2.26. The average Bonchev–Trinajstić information content (AvgIpc) is 2.41. The molecule has 1 atom stereocenters. The standard InChI is InChI=1S/C13H14BrFN2O2/c1-8-7-17(5-4-12(8)16-19)13(18)9-2-3-11(15)10(14)6-9/h2-3,6,8,19H,4-5,7H2,1H3/b16-12+. The van der Waals surface area contributed by atoms with Gasteiger partial charge in [0.05, 0.1) is 10.2 Å². The zero-order valence-electron chi connectivity index (χ0n) is 10.4. The van der Waals surface area contributed by atoms with Gasteiger partial charge < -0.3 is 10.1 Å². The van der Waals surface area contributed by atoms with Crippen molar-refractivity contribution in [1.29, 1.82) is 0 Å². The van der Waals surface area contributed by atoms with Crippen molar-refractivity contribution in [3.8, 4) is 0 Å². The molecule has 4 nitrogen and oxygen atoms in total. The van der Waals surface area contributed by atoms with Gasteiger partial charge in [-0.25, -0.2) is 4.39 Å². The van der Waals surface area contributed by atoms with Gasteiger partial charge in [0.2, 0.25) is 0 Å². The summed E-state index contributed by atoms with van der Waals surface area (Å²) in [5.41, 5.74) is 1.16. The molecule has 1 fully saturated rings. The Hall–Kier alpha value is -1.43. The maximum Gasteiger partial charge on any atom is 0.253 e. The van der Waals surface area contributed by atoms with E-state index in [4.69, 9.17) is 5.21 Å². The lowest BCUT2D eigenvalue weighted by Crippen LogP contribution is -2.43. The van der Waals surface area contributed by atoms with E-state index < -0.39 is 5.82 Å². The summed E-state index contributed by atoms with van der Waals surface area (Å²) in [7, 11) is 0. The molecule has 1 heterocycles. The number of hydrogen-bond acceptors (Lipinski definition) is 3. The summed E-state index contributed by atoms with van der Waals surface area (Å²) in [6.07, 6.45) is 0.561. The van der Waals surface area contributed by atoms with Gasteiger partial charge in [-0.2, -0.15) is 0 Å². The summed E-state index contributed by atoms with van der Waals surface area (Å²) in [6, 6.07) is 4.23. The number of carbonyl (C=O) groups excluding carboxylic acids is 1. The van der Waals surface area contributed by atoms with Crippen molar-refractivity contribution in [3.63, 3.8) is 0 Å². The molecule has 1 aromatic rings. The number of piperidine rings is 1. The summed E-state index contributed by atoms with van der Waals surface area (Å²) in [6.45, 7) is 2.93. The first-order valence-electron chi connectivity index (χ1n) is 5.98. The van der Waals surface area contributed by atoms with Crippen LogP contribution < -0.4 is 0 Å². The van der Waals surface area contributed by atoms with Crippen LogP contribution in [0.2, 0.25) is 0 Å². The van der Waals surface area contributed by atoms with Gasteiger partial charge in [0, 0.05) is 31.0 Å². The number of nitrogens with zero attached hydrogens (tertiary/aromatic N) is 2. The fourth-order valence-electron chi connectivity index (χ4n) is 2.17. The van der Waals surface area contributed by atoms with E-state index in [1.807, 2.05) is 6.92 Å². The molecule has 0 aromatic heterocycles. The molecule has 1 aromatic carbocycles. The van der Waals surface area contributed by atoms with E-state index in [-0.39, 0.29) is 16.3 Å². The highest BCUT2D eigenvalue weighted by molar-refractivity contribution is 9.10.